The number of piperidine rings is 2. The summed E-state index contributed by atoms with van der Waals surface area (Å²) in [5, 5.41) is 19.6. The minimum absolute atomic E-state index is 0.129. The van der Waals surface area contributed by atoms with E-state index in [2.05, 4.69) is 20.4 Å². The predicted molar refractivity (Wildman–Crippen MR) is 93.6 cm³/mol. The average molecular weight is 349 g/mol. The largest absolute Gasteiger partial charge is 0.481 e. The molecule has 2 fully saturated rings. The Morgan fingerprint density at radius 3 is 2.64 bits per heavy atom. The number of carbonyl (C=O) groups excluding carboxylic acids is 1. The fourth-order valence-electron chi connectivity index (χ4n) is 3.78. The quantitative estimate of drug-likeness (QED) is 0.766. The summed E-state index contributed by atoms with van der Waals surface area (Å²) in [4.78, 5) is 27.7. The number of carbonyl (C=O) groups is 2. The van der Waals surface area contributed by atoms with Crippen LogP contribution in [0.1, 0.15) is 31.9 Å². The lowest BCUT2D eigenvalue weighted by atomic mass is 9.91. The van der Waals surface area contributed by atoms with E-state index in [9.17, 15) is 14.7 Å². The van der Waals surface area contributed by atoms with Crippen molar-refractivity contribution in [2.24, 2.45) is 11.8 Å². The molecule has 2 saturated heterocycles. The number of aromatic nitrogens is 2. The Morgan fingerprint density at radius 2 is 2.04 bits per heavy atom. The number of aliphatic carboxylic acids is 1. The van der Waals surface area contributed by atoms with Gasteiger partial charge in [0.15, 0.2) is 5.82 Å². The number of amides is 2. The fraction of sp³-hybridized carbons (Fsp3) is 0.706. The third-order valence-corrected chi connectivity index (χ3v) is 5.14. The molecule has 1 aromatic heterocycles. The van der Waals surface area contributed by atoms with Crippen LogP contribution < -0.4 is 10.2 Å². The zero-order valence-electron chi connectivity index (χ0n) is 14.9. The molecular weight excluding hydrogens is 322 g/mol. The molecule has 2 atom stereocenters. The Hall–Kier alpha value is -2.25. The van der Waals surface area contributed by atoms with E-state index in [1.54, 1.807) is 4.90 Å². The molecule has 2 amide bonds. The molecule has 0 bridgehead atoms. The third-order valence-electron chi connectivity index (χ3n) is 5.14. The molecule has 0 aliphatic carbocycles. The molecule has 3 N–H and O–H groups in total. The van der Waals surface area contributed by atoms with E-state index < -0.39 is 11.9 Å². The van der Waals surface area contributed by atoms with Gasteiger partial charge in [0.2, 0.25) is 0 Å². The highest BCUT2D eigenvalue weighted by molar-refractivity contribution is 5.77. The topological polar surface area (TPSA) is 102 Å². The van der Waals surface area contributed by atoms with Crippen LogP contribution in [-0.2, 0) is 4.79 Å². The van der Waals surface area contributed by atoms with Gasteiger partial charge < -0.3 is 20.2 Å². The van der Waals surface area contributed by atoms with Crippen molar-refractivity contribution in [2.75, 3.05) is 31.1 Å². The Balaban J connectivity index is 1.49. The second-order valence-corrected chi connectivity index (χ2v) is 7.40. The molecule has 8 heteroatoms. The van der Waals surface area contributed by atoms with Gasteiger partial charge in [-0.15, -0.1) is 0 Å². The highest BCUT2D eigenvalue weighted by Crippen LogP contribution is 2.23. The van der Waals surface area contributed by atoms with Crippen LogP contribution in [-0.4, -0.2) is 64.4 Å². The fourth-order valence-corrected chi connectivity index (χ4v) is 3.78. The molecule has 2 aliphatic rings. The maximum Gasteiger partial charge on any atom is 0.317 e. The van der Waals surface area contributed by atoms with Crippen LogP contribution in [0.3, 0.4) is 0 Å². The maximum atomic E-state index is 12.5. The molecule has 3 rings (SSSR count). The molecule has 8 nitrogen and oxygen atoms in total. The van der Waals surface area contributed by atoms with Crippen LogP contribution in [0.15, 0.2) is 6.07 Å². The summed E-state index contributed by atoms with van der Waals surface area (Å²) < 4.78 is 0. The van der Waals surface area contributed by atoms with Crippen molar-refractivity contribution < 1.29 is 14.7 Å². The van der Waals surface area contributed by atoms with Gasteiger partial charge in [0.1, 0.15) is 0 Å². The second kappa shape index (κ2) is 7.33. The minimum Gasteiger partial charge on any atom is -0.481 e. The summed E-state index contributed by atoms with van der Waals surface area (Å²) in [6, 6.07) is 2.02. The molecule has 3 heterocycles. The molecule has 138 valence electrons. The Labute approximate surface area is 147 Å². The van der Waals surface area contributed by atoms with Gasteiger partial charge in [-0.3, -0.25) is 9.89 Å². The highest BCUT2D eigenvalue weighted by Gasteiger charge is 2.33. The number of aryl methyl sites for hydroxylation is 1. The van der Waals surface area contributed by atoms with Gasteiger partial charge in [-0.1, -0.05) is 6.92 Å². The lowest BCUT2D eigenvalue weighted by Gasteiger charge is -2.37. The number of carboxylic acid groups (broad SMARTS) is 1. The monoisotopic (exact) mass is 349 g/mol. The van der Waals surface area contributed by atoms with Gasteiger partial charge >= 0.3 is 12.0 Å². The van der Waals surface area contributed by atoms with Gasteiger partial charge in [-0.05, 0) is 32.1 Å². The lowest BCUT2D eigenvalue weighted by Crippen LogP contribution is -2.53. The number of carboxylic acids is 1. The molecule has 2 unspecified atom stereocenters. The van der Waals surface area contributed by atoms with E-state index in [0.29, 0.717) is 19.5 Å². The van der Waals surface area contributed by atoms with Gasteiger partial charge in [-0.25, -0.2) is 4.79 Å². The first-order chi connectivity index (χ1) is 11.9. The molecule has 0 aromatic carbocycles. The van der Waals surface area contributed by atoms with Crippen molar-refractivity contribution in [1.82, 2.24) is 20.4 Å². The summed E-state index contributed by atoms with van der Waals surface area (Å²) in [6.45, 7) is 6.61. The van der Waals surface area contributed by atoms with Crippen LogP contribution >= 0.6 is 0 Å². The number of hydrogen-bond donors (Lipinski definition) is 3. The van der Waals surface area contributed by atoms with Crippen LogP contribution in [0.25, 0.3) is 0 Å². The minimum atomic E-state index is -0.813. The molecule has 0 saturated carbocycles. The van der Waals surface area contributed by atoms with Crippen molar-refractivity contribution in [3.8, 4) is 0 Å². The SMILES string of the molecule is Cc1cc(N2CCC(NC(=O)N3CC(C)CC(C(=O)O)C3)CC2)n[nH]1. The smallest absolute Gasteiger partial charge is 0.317 e. The van der Waals surface area contributed by atoms with Crippen LogP contribution in [0.2, 0.25) is 0 Å². The number of likely N-dealkylation sites (tertiary alicyclic amines) is 1. The molecule has 0 radical (unpaired) electrons. The first-order valence-corrected chi connectivity index (χ1v) is 8.97. The lowest BCUT2D eigenvalue weighted by molar-refractivity contribution is -0.143. The van der Waals surface area contributed by atoms with E-state index in [-0.39, 0.29) is 18.0 Å². The van der Waals surface area contributed by atoms with Crippen molar-refractivity contribution >= 4 is 17.8 Å². The summed E-state index contributed by atoms with van der Waals surface area (Å²) >= 11 is 0. The van der Waals surface area contributed by atoms with E-state index in [1.165, 1.54) is 0 Å². The number of nitrogens with zero attached hydrogens (tertiary/aromatic N) is 3. The number of H-pyrrole nitrogens is 1. The number of nitrogens with one attached hydrogen (secondary N) is 2. The average Bonchev–Trinajstić information content (AvgIpc) is 3.01. The zero-order chi connectivity index (χ0) is 18.0. The van der Waals surface area contributed by atoms with Crippen molar-refractivity contribution in [3.63, 3.8) is 0 Å². The summed E-state index contributed by atoms with van der Waals surface area (Å²) in [6.07, 6.45) is 2.37. The number of anilines is 1. The summed E-state index contributed by atoms with van der Waals surface area (Å²) in [5.74, 6) is -0.104. The summed E-state index contributed by atoms with van der Waals surface area (Å²) in [5.41, 5.74) is 1.04. The Kier molecular flexibility index (Phi) is 5.15. The highest BCUT2D eigenvalue weighted by atomic mass is 16.4. The molecule has 25 heavy (non-hydrogen) atoms. The van der Waals surface area contributed by atoms with Gasteiger partial charge in [0.25, 0.3) is 0 Å². The van der Waals surface area contributed by atoms with Crippen molar-refractivity contribution in [2.45, 2.75) is 39.2 Å². The van der Waals surface area contributed by atoms with Crippen molar-refractivity contribution in [1.29, 1.82) is 0 Å². The first-order valence-electron chi connectivity index (χ1n) is 8.97. The zero-order valence-corrected chi connectivity index (χ0v) is 14.9. The van der Waals surface area contributed by atoms with E-state index >= 15 is 0 Å². The molecular formula is C17H27N5O3. The first kappa shape index (κ1) is 17.6. The van der Waals surface area contributed by atoms with Gasteiger partial charge in [0, 0.05) is 44.0 Å². The van der Waals surface area contributed by atoms with Crippen molar-refractivity contribution in [3.05, 3.63) is 11.8 Å². The standard InChI is InChI=1S/C17H27N5O3/c1-11-7-13(16(23)24)10-22(9-11)17(25)18-14-3-5-21(6-4-14)15-8-12(2)19-20-15/h8,11,13-14H,3-7,9-10H2,1-2H3,(H,18,25)(H,19,20)(H,23,24). The maximum absolute atomic E-state index is 12.5. The Morgan fingerprint density at radius 1 is 1.32 bits per heavy atom. The molecule has 0 spiro atoms. The molecule has 1 aromatic rings. The second-order valence-electron chi connectivity index (χ2n) is 7.40. The third kappa shape index (κ3) is 4.24. The normalized spacial score (nSPS) is 25.0. The number of aromatic amines is 1. The predicted octanol–water partition coefficient (Wildman–Crippen LogP) is 1.44. The van der Waals surface area contributed by atoms with E-state index in [4.69, 9.17) is 0 Å². The van der Waals surface area contributed by atoms with Gasteiger partial charge in [-0.2, -0.15) is 5.10 Å². The number of urea groups is 1. The number of rotatable bonds is 3. The van der Waals surface area contributed by atoms with Crippen LogP contribution in [0.4, 0.5) is 10.6 Å². The van der Waals surface area contributed by atoms with Crippen LogP contribution in [0.5, 0.6) is 0 Å². The van der Waals surface area contributed by atoms with Crippen LogP contribution in [0, 0.1) is 18.8 Å². The van der Waals surface area contributed by atoms with E-state index in [0.717, 1.165) is 37.4 Å². The van der Waals surface area contributed by atoms with Gasteiger partial charge in [0.05, 0.1) is 5.92 Å². The summed E-state index contributed by atoms with van der Waals surface area (Å²) in [7, 11) is 0. The molecule has 2 aliphatic heterocycles. The van der Waals surface area contributed by atoms with E-state index in [1.807, 2.05) is 19.9 Å². The Bertz CT molecular complexity index is 624. The number of hydrogen-bond acceptors (Lipinski definition) is 4.